The van der Waals surface area contributed by atoms with Gasteiger partial charge in [-0.25, -0.2) is 4.39 Å². The summed E-state index contributed by atoms with van der Waals surface area (Å²) in [6, 6.07) is 3.88. The Morgan fingerprint density at radius 2 is 2.14 bits per heavy atom. The average Bonchev–Trinajstić information content (AvgIpc) is 2.46. The Kier molecular flexibility index (Phi) is 6.14. The van der Waals surface area contributed by atoms with E-state index in [0.29, 0.717) is 5.56 Å². The summed E-state index contributed by atoms with van der Waals surface area (Å²) < 4.78 is 18.9. The van der Waals surface area contributed by atoms with Gasteiger partial charge in [0, 0.05) is 17.7 Å². The van der Waals surface area contributed by atoms with Gasteiger partial charge >= 0.3 is 0 Å². The minimum absolute atomic E-state index is 0.0382. The van der Waals surface area contributed by atoms with E-state index in [-0.39, 0.29) is 23.4 Å². The van der Waals surface area contributed by atoms with Crippen molar-refractivity contribution in [1.82, 2.24) is 5.32 Å². The van der Waals surface area contributed by atoms with Gasteiger partial charge in [0.2, 0.25) is 0 Å². The number of halogens is 1. The molecule has 2 unspecified atom stereocenters. The molecule has 0 spiro atoms. The lowest BCUT2D eigenvalue weighted by molar-refractivity contribution is -0.127. The van der Waals surface area contributed by atoms with Crippen molar-refractivity contribution in [2.45, 2.75) is 46.3 Å². The summed E-state index contributed by atoms with van der Waals surface area (Å²) in [5, 5.41) is 14.7. The number of ether oxygens (including phenoxy) is 1. The number of carbonyl (C=O) groups excluding carboxylic acids is 1. The Morgan fingerprint density at radius 1 is 1.48 bits per heavy atom. The van der Waals surface area contributed by atoms with Crippen molar-refractivity contribution in [2.75, 3.05) is 0 Å². The summed E-state index contributed by atoms with van der Waals surface area (Å²) in [6.45, 7) is 6.99. The molecule has 0 radical (unpaired) electrons. The van der Waals surface area contributed by atoms with Crippen LogP contribution >= 0.6 is 0 Å². The highest BCUT2D eigenvalue weighted by Crippen LogP contribution is 2.22. The monoisotopic (exact) mass is 296 g/mol. The maximum absolute atomic E-state index is 13.3. The molecular weight excluding hydrogens is 275 g/mol. The molecule has 0 heterocycles. The van der Waals surface area contributed by atoms with Crippen molar-refractivity contribution in [3.63, 3.8) is 0 Å². The largest absolute Gasteiger partial charge is 0.480 e. The number of nitrogens with one attached hydrogen (secondary N) is 1. The molecule has 0 saturated heterocycles. The average molecular weight is 296 g/mol. The summed E-state index contributed by atoms with van der Waals surface area (Å²) in [6.07, 6.45) is 0.0194. The number of hydrogen-bond donors (Lipinski definition) is 2. The van der Waals surface area contributed by atoms with Gasteiger partial charge < -0.3 is 15.3 Å². The van der Waals surface area contributed by atoms with Gasteiger partial charge in [-0.2, -0.15) is 0 Å². The Labute approximate surface area is 123 Å². The first kappa shape index (κ1) is 16.9. The second-order valence-electron chi connectivity index (χ2n) is 4.90. The third-order valence-electron chi connectivity index (χ3n) is 3.16. The predicted molar refractivity (Wildman–Crippen MR) is 78.4 cm³/mol. The zero-order valence-corrected chi connectivity index (χ0v) is 12.7. The van der Waals surface area contributed by atoms with Gasteiger partial charge in [-0.05, 0) is 39.3 Å². The van der Waals surface area contributed by atoms with E-state index in [2.05, 4.69) is 10.5 Å². The number of carbonyl (C=O) groups is 1. The van der Waals surface area contributed by atoms with Crippen LogP contribution in [-0.2, 0) is 4.79 Å². The molecule has 0 aromatic heterocycles. The Morgan fingerprint density at radius 3 is 2.71 bits per heavy atom. The molecule has 6 heteroatoms. The molecule has 1 rings (SSSR count). The van der Waals surface area contributed by atoms with Gasteiger partial charge in [-0.15, -0.1) is 0 Å². The van der Waals surface area contributed by atoms with Crippen LogP contribution in [0.3, 0.4) is 0 Å². The second kappa shape index (κ2) is 7.61. The first-order valence-electron chi connectivity index (χ1n) is 6.84. The van der Waals surface area contributed by atoms with Crippen LogP contribution in [0.2, 0.25) is 0 Å². The van der Waals surface area contributed by atoms with Crippen LogP contribution in [0.25, 0.3) is 0 Å². The molecule has 0 aliphatic heterocycles. The SMILES string of the molecule is CCC(C)NC(=O)C(C)Oc1cc(F)ccc1C(C)=NO. The van der Waals surface area contributed by atoms with E-state index >= 15 is 0 Å². The highest BCUT2D eigenvalue weighted by molar-refractivity contribution is 6.00. The lowest BCUT2D eigenvalue weighted by Crippen LogP contribution is -2.41. The highest BCUT2D eigenvalue weighted by Gasteiger charge is 2.19. The van der Waals surface area contributed by atoms with E-state index < -0.39 is 11.9 Å². The maximum Gasteiger partial charge on any atom is 0.260 e. The molecule has 21 heavy (non-hydrogen) atoms. The standard InChI is InChI=1S/C15H21FN2O3/c1-5-9(2)17-15(19)11(4)21-14-8-12(16)6-7-13(14)10(3)18-20/h6-9,11,20H,5H2,1-4H3,(H,17,19). The Bertz CT molecular complexity index is 532. The number of oxime groups is 1. The zero-order chi connectivity index (χ0) is 16.0. The highest BCUT2D eigenvalue weighted by atomic mass is 19.1. The van der Waals surface area contributed by atoms with E-state index in [1.165, 1.54) is 12.1 Å². The van der Waals surface area contributed by atoms with Gasteiger partial charge in [0.05, 0.1) is 5.71 Å². The molecule has 0 saturated carbocycles. The minimum atomic E-state index is -0.786. The summed E-state index contributed by atoms with van der Waals surface area (Å²) in [5.74, 6) is -0.607. The van der Waals surface area contributed by atoms with Crippen molar-refractivity contribution in [1.29, 1.82) is 0 Å². The van der Waals surface area contributed by atoms with Gasteiger partial charge in [0.25, 0.3) is 5.91 Å². The van der Waals surface area contributed by atoms with E-state index in [1.807, 2.05) is 13.8 Å². The second-order valence-corrected chi connectivity index (χ2v) is 4.90. The molecule has 2 N–H and O–H groups in total. The van der Waals surface area contributed by atoms with Crippen molar-refractivity contribution in [2.24, 2.45) is 5.16 Å². The number of nitrogens with zero attached hydrogens (tertiary/aromatic N) is 1. The first-order chi connectivity index (χ1) is 9.88. The van der Waals surface area contributed by atoms with E-state index in [4.69, 9.17) is 9.94 Å². The van der Waals surface area contributed by atoms with Gasteiger partial charge in [-0.1, -0.05) is 12.1 Å². The molecule has 5 nitrogen and oxygen atoms in total. The molecular formula is C15H21FN2O3. The van der Waals surface area contributed by atoms with Crippen molar-refractivity contribution < 1.29 is 19.1 Å². The molecule has 0 fully saturated rings. The molecule has 0 bridgehead atoms. The quantitative estimate of drug-likeness (QED) is 0.481. The van der Waals surface area contributed by atoms with E-state index in [1.54, 1.807) is 13.8 Å². The third kappa shape index (κ3) is 4.73. The molecule has 0 aliphatic carbocycles. The summed E-state index contributed by atoms with van der Waals surface area (Å²) in [4.78, 5) is 11.9. The van der Waals surface area contributed by atoms with Gasteiger partial charge in [-0.3, -0.25) is 4.79 Å². The van der Waals surface area contributed by atoms with E-state index in [9.17, 15) is 9.18 Å². The predicted octanol–water partition coefficient (Wildman–Crippen LogP) is 2.71. The summed E-state index contributed by atoms with van der Waals surface area (Å²) in [7, 11) is 0. The topological polar surface area (TPSA) is 70.9 Å². The van der Waals surface area contributed by atoms with Gasteiger partial charge in [0.15, 0.2) is 6.10 Å². The molecule has 0 aliphatic rings. The van der Waals surface area contributed by atoms with Crippen LogP contribution in [0.1, 0.15) is 39.7 Å². The third-order valence-corrected chi connectivity index (χ3v) is 3.16. The summed E-state index contributed by atoms with van der Waals surface area (Å²) in [5.41, 5.74) is 0.710. The normalized spacial score (nSPS) is 14.4. The number of amides is 1. The first-order valence-corrected chi connectivity index (χ1v) is 6.84. The molecule has 2 atom stereocenters. The smallest absolute Gasteiger partial charge is 0.260 e. The lowest BCUT2D eigenvalue weighted by Gasteiger charge is -2.19. The molecule has 116 valence electrons. The van der Waals surface area contributed by atoms with Gasteiger partial charge in [0.1, 0.15) is 11.6 Å². The van der Waals surface area contributed by atoms with Crippen molar-refractivity contribution in [3.05, 3.63) is 29.6 Å². The molecule has 1 amide bonds. The maximum atomic E-state index is 13.3. The Balaban J connectivity index is 2.91. The Hall–Kier alpha value is -2.11. The minimum Gasteiger partial charge on any atom is -0.480 e. The van der Waals surface area contributed by atoms with Crippen LogP contribution in [0.15, 0.2) is 23.4 Å². The van der Waals surface area contributed by atoms with Crippen LogP contribution in [0.4, 0.5) is 4.39 Å². The molecule has 1 aromatic rings. The van der Waals surface area contributed by atoms with Crippen LogP contribution in [-0.4, -0.2) is 29.0 Å². The fourth-order valence-corrected chi connectivity index (χ4v) is 1.65. The van der Waals surface area contributed by atoms with Crippen molar-refractivity contribution in [3.8, 4) is 5.75 Å². The fraction of sp³-hybridized carbons (Fsp3) is 0.467. The number of benzene rings is 1. The van der Waals surface area contributed by atoms with Crippen LogP contribution < -0.4 is 10.1 Å². The summed E-state index contributed by atoms with van der Waals surface area (Å²) >= 11 is 0. The number of hydrogen-bond acceptors (Lipinski definition) is 4. The van der Waals surface area contributed by atoms with Crippen LogP contribution in [0.5, 0.6) is 5.75 Å². The zero-order valence-electron chi connectivity index (χ0n) is 12.7. The van der Waals surface area contributed by atoms with E-state index in [0.717, 1.165) is 12.5 Å². The fourth-order valence-electron chi connectivity index (χ4n) is 1.65. The number of rotatable bonds is 6. The molecule has 1 aromatic carbocycles. The van der Waals surface area contributed by atoms with Crippen LogP contribution in [0, 0.1) is 5.82 Å². The lowest BCUT2D eigenvalue weighted by atomic mass is 10.1. The van der Waals surface area contributed by atoms with Crippen molar-refractivity contribution >= 4 is 11.6 Å².